The number of aliphatic imine (C=N–C) groups is 2. The summed E-state index contributed by atoms with van der Waals surface area (Å²) in [6, 6.07) is 6.49. The zero-order valence-electron chi connectivity index (χ0n) is 30.3. The molecule has 0 aliphatic carbocycles. The summed E-state index contributed by atoms with van der Waals surface area (Å²) in [7, 11) is 1.44. The summed E-state index contributed by atoms with van der Waals surface area (Å²) >= 11 is 0. The van der Waals surface area contributed by atoms with Crippen molar-refractivity contribution in [2.75, 3.05) is 32.1 Å². The van der Waals surface area contributed by atoms with E-state index in [4.69, 9.17) is 21.9 Å². The van der Waals surface area contributed by atoms with Crippen LogP contribution in [0.4, 0.5) is 5.95 Å². The molecule has 0 saturated heterocycles. The molecule has 17 nitrogen and oxygen atoms in total. The summed E-state index contributed by atoms with van der Waals surface area (Å²) in [4.78, 5) is 65.8. The average Bonchev–Trinajstić information content (AvgIpc) is 3.80. The number of ether oxygens (including phenoxy) is 1. The molecule has 3 aromatic rings. The maximum atomic E-state index is 13.4. The van der Waals surface area contributed by atoms with E-state index in [-0.39, 0.29) is 54.1 Å². The van der Waals surface area contributed by atoms with Gasteiger partial charge in [0.2, 0.25) is 23.7 Å². The van der Waals surface area contributed by atoms with Crippen LogP contribution in [-0.4, -0.2) is 86.3 Å². The Morgan fingerprint density at radius 1 is 1.06 bits per heavy atom. The Morgan fingerprint density at radius 3 is 2.42 bits per heavy atom. The van der Waals surface area contributed by atoms with Gasteiger partial charge in [-0.25, -0.2) is 9.98 Å². The summed E-state index contributed by atoms with van der Waals surface area (Å²) in [5, 5.41) is 10.1. The summed E-state index contributed by atoms with van der Waals surface area (Å²) in [6.45, 7) is 12.1. The van der Waals surface area contributed by atoms with Crippen LogP contribution in [0.2, 0.25) is 0 Å². The maximum absolute atomic E-state index is 13.4. The van der Waals surface area contributed by atoms with Crippen LogP contribution in [-0.2, 0) is 27.4 Å². The molecule has 0 atom stereocenters. The molecule has 8 N–H and O–H groups in total. The summed E-state index contributed by atoms with van der Waals surface area (Å²) in [5.41, 5.74) is 20.4. The molecular formula is C36H44N12O5. The Hall–Kier alpha value is -6.78. The van der Waals surface area contributed by atoms with Gasteiger partial charge in [0.25, 0.3) is 11.8 Å². The van der Waals surface area contributed by atoms with E-state index in [0.717, 1.165) is 0 Å². The van der Waals surface area contributed by atoms with Gasteiger partial charge in [0.15, 0.2) is 0 Å². The molecule has 278 valence electrons. The van der Waals surface area contributed by atoms with Gasteiger partial charge in [-0.3, -0.25) is 39.5 Å². The van der Waals surface area contributed by atoms with Crippen LogP contribution in [0.15, 0.2) is 93.9 Å². The number of guanidine groups is 1. The third kappa shape index (κ3) is 9.32. The largest absolute Gasteiger partial charge is 0.495 e. The monoisotopic (exact) mass is 724 g/mol. The van der Waals surface area contributed by atoms with E-state index in [1.807, 2.05) is 19.1 Å². The maximum Gasteiger partial charge on any atom is 0.276 e. The van der Waals surface area contributed by atoms with E-state index in [0.29, 0.717) is 46.9 Å². The van der Waals surface area contributed by atoms with Crippen molar-refractivity contribution in [3.63, 3.8) is 0 Å². The predicted molar refractivity (Wildman–Crippen MR) is 203 cm³/mol. The number of allylic oxidation sites excluding steroid dienone is 3. The molecule has 1 aromatic carbocycles. The summed E-state index contributed by atoms with van der Waals surface area (Å²) < 4.78 is 8.99. The second kappa shape index (κ2) is 17.4. The molecule has 0 spiro atoms. The Morgan fingerprint density at radius 2 is 1.79 bits per heavy atom. The summed E-state index contributed by atoms with van der Waals surface area (Å²) in [5.74, 6) is -1.53. The molecule has 4 rings (SSSR count). The average molecular weight is 725 g/mol. The Labute approximate surface area is 306 Å². The number of carbonyl (C=O) groups is 4. The van der Waals surface area contributed by atoms with Gasteiger partial charge in [0, 0.05) is 43.0 Å². The number of rotatable bonds is 15. The van der Waals surface area contributed by atoms with Crippen LogP contribution in [0.1, 0.15) is 47.3 Å². The van der Waals surface area contributed by atoms with Crippen molar-refractivity contribution in [1.82, 2.24) is 29.5 Å². The third-order valence-corrected chi connectivity index (χ3v) is 7.84. The number of aromatic nitrogens is 4. The molecule has 53 heavy (non-hydrogen) atoms. The number of aryl methyl sites for hydroxylation is 2. The topological polar surface area (TPSA) is 243 Å². The minimum Gasteiger partial charge on any atom is -0.495 e. The van der Waals surface area contributed by atoms with Crippen molar-refractivity contribution in [3.8, 4) is 0 Å². The molecule has 0 radical (unpaired) electrons. The van der Waals surface area contributed by atoms with Crippen LogP contribution in [0, 0.1) is 6.92 Å². The van der Waals surface area contributed by atoms with Gasteiger partial charge in [-0.05, 0) is 64.1 Å². The van der Waals surface area contributed by atoms with Crippen LogP contribution >= 0.6 is 0 Å². The number of hydrogen-bond acceptors (Lipinski definition) is 11. The van der Waals surface area contributed by atoms with E-state index < -0.39 is 23.6 Å². The molecule has 3 heterocycles. The number of nitrogens with one attached hydrogen (secondary N) is 2. The molecule has 0 saturated carbocycles. The first-order valence-electron chi connectivity index (χ1n) is 16.6. The zero-order chi connectivity index (χ0) is 38.8. The quantitative estimate of drug-likeness (QED) is 0.0506. The Kier molecular flexibility index (Phi) is 12.8. The molecule has 0 unspecified atom stereocenters. The van der Waals surface area contributed by atoms with E-state index in [2.05, 4.69) is 37.3 Å². The van der Waals surface area contributed by atoms with Gasteiger partial charge in [-0.2, -0.15) is 5.10 Å². The highest BCUT2D eigenvalue weighted by Gasteiger charge is 2.28. The highest BCUT2D eigenvalue weighted by molar-refractivity contribution is 6.47. The normalized spacial score (nSPS) is 14.8. The second-order valence-electron chi connectivity index (χ2n) is 11.7. The first kappa shape index (κ1) is 39.0. The van der Waals surface area contributed by atoms with E-state index in [9.17, 15) is 19.2 Å². The fourth-order valence-electron chi connectivity index (χ4n) is 5.39. The number of methoxy groups -OCH3 is 1. The molecule has 17 heteroatoms. The van der Waals surface area contributed by atoms with Gasteiger partial charge in [-0.15, -0.1) is 0 Å². The van der Waals surface area contributed by atoms with Gasteiger partial charge < -0.3 is 31.4 Å². The first-order chi connectivity index (χ1) is 25.3. The minimum atomic E-state index is -0.696. The predicted octanol–water partition coefficient (Wildman–Crippen LogP) is 2.04. The van der Waals surface area contributed by atoms with Gasteiger partial charge in [0.1, 0.15) is 17.2 Å². The molecule has 0 fully saturated rings. The van der Waals surface area contributed by atoms with Gasteiger partial charge >= 0.3 is 0 Å². The zero-order valence-corrected chi connectivity index (χ0v) is 30.3. The SMILES string of the molecule is C=C/C(=C\C(OC)=C1/CN=C(NC(=O)c2cc(C)nn2CC)N1C/C=C/Cn1c(NC(=O)C(/C=C(/C)N)=NCC)nc2cc(C(N)=O)ccc21)C(N)=O. The van der Waals surface area contributed by atoms with Crippen LogP contribution in [0.5, 0.6) is 0 Å². The number of benzene rings is 1. The number of amides is 4. The number of carbonyl (C=O) groups excluding carboxylic acids is 4. The van der Waals surface area contributed by atoms with Gasteiger partial charge in [0.05, 0.1) is 36.1 Å². The Bertz CT molecular complexity index is 2130. The highest BCUT2D eigenvalue weighted by Crippen LogP contribution is 2.23. The van der Waals surface area contributed by atoms with Crippen LogP contribution in [0.25, 0.3) is 11.0 Å². The standard InChI is InChI=1S/C36H44N12O5/c1-7-23(31(38)49)19-30(53-6)29-20-41-35(44-34(52)28-17-22(5)45-48(28)9-3)47(29)15-11-10-14-46-27-13-12-24(32(39)50)18-25(27)42-36(46)43-33(51)26(40-8-2)16-21(4)37/h7,10-13,16-19H,1,8-9,14-15,20,37H2,2-6H3,(H2,38,49)(H2,39,50)(H,41,44,52)(H,42,43,51)/b11-10+,21-16-,23-19+,30-29-,40-26?. The fraction of sp³-hybridized carbons (Fsp3) is 0.278. The number of hydrogen-bond donors (Lipinski definition) is 5. The lowest BCUT2D eigenvalue weighted by atomic mass is 10.2. The lowest BCUT2D eigenvalue weighted by molar-refractivity contribution is -0.114. The third-order valence-electron chi connectivity index (χ3n) is 7.84. The number of primary amides is 2. The van der Waals surface area contributed by atoms with Crippen molar-refractivity contribution in [3.05, 3.63) is 101 Å². The summed E-state index contributed by atoms with van der Waals surface area (Å²) in [6.07, 6.45) is 7.91. The first-order valence-corrected chi connectivity index (χ1v) is 16.6. The van der Waals surface area contributed by atoms with Crippen LogP contribution < -0.4 is 27.8 Å². The van der Waals surface area contributed by atoms with Crippen LogP contribution in [0.3, 0.4) is 0 Å². The number of fused-ring (bicyclic) bond motifs is 1. The Balaban J connectivity index is 1.70. The number of imidazole rings is 1. The molecule has 4 amide bonds. The van der Waals surface area contributed by atoms with Crippen molar-refractivity contribution in [2.24, 2.45) is 27.2 Å². The highest BCUT2D eigenvalue weighted by atomic mass is 16.5. The smallest absolute Gasteiger partial charge is 0.276 e. The molecule has 0 bridgehead atoms. The van der Waals surface area contributed by atoms with Crippen molar-refractivity contribution in [1.29, 1.82) is 0 Å². The number of anilines is 1. The minimum absolute atomic E-state index is 0.112. The number of nitrogens with two attached hydrogens (primary N) is 3. The second-order valence-corrected chi connectivity index (χ2v) is 11.7. The molecule has 2 aromatic heterocycles. The van der Waals surface area contributed by atoms with E-state index in [1.165, 1.54) is 25.3 Å². The lowest BCUT2D eigenvalue weighted by Crippen LogP contribution is -2.42. The fourth-order valence-corrected chi connectivity index (χ4v) is 5.39. The van der Waals surface area contributed by atoms with Crippen molar-refractivity contribution >= 4 is 52.3 Å². The molecular weight excluding hydrogens is 680 g/mol. The number of nitrogens with zero attached hydrogens (tertiary/aromatic N) is 7. The van der Waals surface area contributed by atoms with E-state index >= 15 is 0 Å². The molecule has 1 aliphatic heterocycles. The molecule has 1 aliphatic rings. The van der Waals surface area contributed by atoms with E-state index in [1.54, 1.807) is 59.2 Å². The van der Waals surface area contributed by atoms with Crippen molar-refractivity contribution < 1.29 is 23.9 Å². The van der Waals surface area contributed by atoms with Crippen molar-refractivity contribution in [2.45, 2.75) is 40.8 Å². The van der Waals surface area contributed by atoms with Gasteiger partial charge in [-0.1, -0.05) is 24.8 Å². The lowest BCUT2D eigenvalue weighted by Gasteiger charge is -2.22.